The Morgan fingerprint density at radius 3 is 1.80 bits per heavy atom. The molecule has 9 aromatic rings. The van der Waals surface area contributed by atoms with Crippen LogP contribution in [0.3, 0.4) is 0 Å². The van der Waals surface area contributed by atoms with Crippen LogP contribution in [0.2, 0.25) is 0 Å². The van der Waals surface area contributed by atoms with Gasteiger partial charge >= 0.3 is 0 Å². The summed E-state index contributed by atoms with van der Waals surface area (Å²) in [4.78, 5) is 15.2. The van der Waals surface area contributed by atoms with E-state index in [0.717, 1.165) is 89.4 Å². The topological polar surface area (TPSA) is 50.2 Å². The van der Waals surface area contributed by atoms with Crippen LogP contribution >= 0.6 is 0 Å². The minimum Gasteiger partial charge on any atom is -0.359 e. The highest BCUT2D eigenvalue weighted by Gasteiger charge is 2.26. The van der Waals surface area contributed by atoms with Gasteiger partial charge in [0.2, 0.25) is 0 Å². The lowest BCUT2D eigenvalue weighted by atomic mass is 9.91. The number of rotatable bonds is 7. The monoisotopic (exact) mass is 714 g/mol. The molecule has 1 aliphatic rings. The molecule has 0 radical (unpaired) electrons. The summed E-state index contributed by atoms with van der Waals surface area (Å²) < 4.78 is 0. The fourth-order valence-corrected chi connectivity index (χ4v) is 7.62. The number of benzene rings is 7. The predicted molar refractivity (Wildman–Crippen MR) is 228 cm³/mol. The molecule has 0 saturated heterocycles. The van der Waals surface area contributed by atoms with Gasteiger partial charge in [-0.05, 0) is 69.6 Å². The van der Waals surface area contributed by atoms with Gasteiger partial charge in [-0.1, -0.05) is 158 Å². The van der Waals surface area contributed by atoms with Crippen molar-refractivity contribution in [3.63, 3.8) is 0 Å². The molecule has 1 atom stereocenters. The van der Waals surface area contributed by atoms with E-state index in [0.29, 0.717) is 0 Å². The zero-order valence-electron chi connectivity index (χ0n) is 30.4. The van der Waals surface area contributed by atoms with Crippen molar-refractivity contribution in [3.8, 4) is 56.0 Å². The predicted octanol–water partition coefficient (Wildman–Crippen LogP) is 12.3. The molecular weight excluding hydrogens is 681 g/mol. The number of nitrogens with one attached hydrogen (secondary N) is 1. The maximum Gasteiger partial charge on any atom is 0.134 e. The molecule has 0 aliphatic carbocycles. The van der Waals surface area contributed by atoms with E-state index in [2.05, 4.69) is 192 Å². The van der Waals surface area contributed by atoms with E-state index >= 15 is 0 Å². The fraction of sp³-hybridized carbons (Fsp3) is 0.0192. The van der Waals surface area contributed by atoms with Crippen LogP contribution in [0.5, 0.6) is 0 Å². The summed E-state index contributed by atoms with van der Waals surface area (Å²) in [5.74, 6) is 0.803. The standard InChI is InChI=1S/C52H34N4/c1-4-14-35(15-5-1)42-33-48(38-17-6-2-7-18-38)54-49(34-42)39-25-23-36(24-26-39)41-30-43(47-22-12-13-29-53-47)32-44(31-41)52-55-50(40-19-8-3-9-20-40)46-28-27-37-16-10-11-21-45(37)51(46)56-52/h1-11,13-21,23-34,50H,(H,55,56). The van der Waals surface area contributed by atoms with Crippen molar-refractivity contribution in [2.45, 2.75) is 6.04 Å². The van der Waals surface area contributed by atoms with Gasteiger partial charge in [0.15, 0.2) is 0 Å². The van der Waals surface area contributed by atoms with Crippen LogP contribution in [0.4, 0.5) is 5.69 Å². The van der Waals surface area contributed by atoms with E-state index in [4.69, 9.17) is 9.98 Å². The third kappa shape index (κ3) is 6.38. The van der Waals surface area contributed by atoms with E-state index in [1.807, 2.05) is 12.1 Å². The number of aliphatic imine (C=N–C) groups is 1. The van der Waals surface area contributed by atoms with Crippen molar-refractivity contribution in [2.75, 3.05) is 0 Å². The average Bonchev–Trinajstić information content (AvgIpc) is 3.29. The van der Waals surface area contributed by atoms with Gasteiger partial charge in [0.05, 0.1) is 23.1 Å². The number of aromatic nitrogens is 2. The summed E-state index contributed by atoms with van der Waals surface area (Å²) >= 11 is 0. The second-order valence-electron chi connectivity index (χ2n) is 14.0. The first kappa shape index (κ1) is 33.0. The van der Waals surface area contributed by atoms with Gasteiger partial charge in [-0.25, -0.2) is 15.0 Å². The Labute approximate surface area is 326 Å². The third-order valence-electron chi connectivity index (χ3n) is 10.4. The van der Waals surface area contributed by atoms with E-state index in [1.54, 1.807) is 12.3 Å². The number of hydrogen-bond acceptors (Lipinski definition) is 4. The van der Waals surface area contributed by atoms with E-state index in [-0.39, 0.29) is 6.04 Å². The van der Waals surface area contributed by atoms with Gasteiger partial charge in [-0.15, -0.1) is 0 Å². The van der Waals surface area contributed by atoms with Gasteiger partial charge in [-0.3, -0.25) is 0 Å². The summed E-state index contributed by atoms with van der Waals surface area (Å²) in [5.41, 5.74) is 14.3. The maximum atomic E-state index is 5.37. The highest BCUT2D eigenvalue weighted by atomic mass is 15.1. The summed E-state index contributed by atoms with van der Waals surface area (Å²) in [6.45, 7) is 0. The summed E-state index contributed by atoms with van der Waals surface area (Å²) in [6, 6.07) is 71.9. The zero-order chi connectivity index (χ0) is 37.3. The molecule has 4 heteroatoms. The van der Waals surface area contributed by atoms with E-state index in [9.17, 15) is 0 Å². The maximum absolute atomic E-state index is 5.37. The van der Waals surface area contributed by atoms with Gasteiger partial charge in [0.1, 0.15) is 11.5 Å². The molecule has 1 N–H and O–H groups in total. The van der Waals surface area contributed by atoms with Gasteiger partial charge in [0.25, 0.3) is 0 Å². The Hall–Kier alpha value is -7.61. The van der Waals surface area contributed by atoms with Crippen molar-refractivity contribution in [3.05, 3.63) is 223 Å². The Balaban J connectivity index is 1.09. The van der Waals surface area contributed by atoms with Crippen LogP contribution in [-0.4, -0.2) is 15.8 Å². The highest BCUT2D eigenvalue weighted by molar-refractivity contribution is 6.07. The fourth-order valence-electron chi connectivity index (χ4n) is 7.62. The molecule has 56 heavy (non-hydrogen) atoms. The second-order valence-corrected chi connectivity index (χ2v) is 14.0. The SMILES string of the molecule is c1ccnc(-c2cc(C3=Nc4c(ccc5ccccc45)C(c4ccccc4)N3)cc(-c3ccc(-c4cc(-c5ccccc5)cc(-c5ccccc5)n4)cc3)c2)c#1. The van der Waals surface area contributed by atoms with Gasteiger partial charge in [-0.2, -0.15) is 0 Å². The molecule has 7 aromatic carbocycles. The third-order valence-corrected chi connectivity index (χ3v) is 10.4. The lowest BCUT2D eigenvalue weighted by molar-refractivity contribution is 0.751. The summed E-state index contributed by atoms with van der Waals surface area (Å²) in [5, 5.41) is 6.13. The van der Waals surface area contributed by atoms with E-state index < -0.39 is 0 Å². The van der Waals surface area contributed by atoms with Crippen LogP contribution in [0.15, 0.2) is 199 Å². The molecule has 262 valence electrons. The molecular formula is C52H34N4. The van der Waals surface area contributed by atoms with Crippen molar-refractivity contribution in [2.24, 2.45) is 4.99 Å². The molecule has 2 aromatic heterocycles. The van der Waals surface area contributed by atoms with Gasteiger partial charge in [0, 0.05) is 45.5 Å². The lowest BCUT2D eigenvalue weighted by Crippen LogP contribution is -2.33. The van der Waals surface area contributed by atoms with Crippen LogP contribution in [0, 0.1) is 12.1 Å². The van der Waals surface area contributed by atoms with Crippen molar-refractivity contribution in [1.29, 1.82) is 0 Å². The van der Waals surface area contributed by atoms with E-state index in [1.165, 1.54) is 5.56 Å². The van der Waals surface area contributed by atoms with Crippen molar-refractivity contribution in [1.82, 2.24) is 15.3 Å². The summed E-state index contributed by atoms with van der Waals surface area (Å²) in [6.07, 6.45) is 1.76. The van der Waals surface area contributed by atoms with Crippen LogP contribution in [0.25, 0.3) is 66.8 Å². The molecule has 10 rings (SSSR count). The average molecular weight is 715 g/mol. The number of nitrogens with zero attached hydrogens (tertiary/aromatic N) is 3. The lowest BCUT2D eigenvalue weighted by Gasteiger charge is -2.29. The Morgan fingerprint density at radius 2 is 1.07 bits per heavy atom. The molecule has 0 fully saturated rings. The number of pyridine rings is 1. The van der Waals surface area contributed by atoms with Crippen molar-refractivity contribution >= 4 is 22.3 Å². The van der Waals surface area contributed by atoms with Gasteiger partial charge < -0.3 is 5.32 Å². The first-order valence-electron chi connectivity index (χ1n) is 18.8. The Morgan fingerprint density at radius 1 is 0.482 bits per heavy atom. The first-order valence-corrected chi connectivity index (χ1v) is 18.8. The molecule has 0 spiro atoms. The molecule has 0 bridgehead atoms. The number of fused-ring (bicyclic) bond motifs is 3. The van der Waals surface area contributed by atoms with Crippen LogP contribution in [-0.2, 0) is 0 Å². The smallest absolute Gasteiger partial charge is 0.134 e. The minimum atomic E-state index is -0.0793. The molecule has 1 unspecified atom stereocenters. The van der Waals surface area contributed by atoms with Crippen molar-refractivity contribution < 1.29 is 0 Å². The Kier molecular flexibility index (Phi) is 8.44. The molecule has 3 heterocycles. The second kappa shape index (κ2) is 14.3. The number of hydrogen-bond donors (Lipinski definition) is 1. The molecule has 1 aliphatic heterocycles. The Bertz CT molecular complexity index is 2790. The van der Waals surface area contributed by atoms with Crippen LogP contribution in [0.1, 0.15) is 22.7 Å². The largest absolute Gasteiger partial charge is 0.359 e. The first-order chi connectivity index (χ1) is 27.7. The molecule has 0 amide bonds. The normalized spacial score (nSPS) is 13.3. The minimum absolute atomic E-state index is 0.0793. The zero-order valence-corrected chi connectivity index (χ0v) is 30.4. The quantitative estimate of drug-likeness (QED) is 0.179. The summed E-state index contributed by atoms with van der Waals surface area (Å²) in [7, 11) is 0. The highest BCUT2D eigenvalue weighted by Crippen LogP contribution is 2.40. The molecule has 4 nitrogen and oxygen atoms in total. The molecule has 0 saturated carbocycles. The van der Waals surface area contributed by atoms with Crippen LogP contribution < -0.4 is 5.32 Å². The number of amidine groups is 1.